The van der Waals surface area contributed by atoms with E-state index in [4.69, 9.17) is 24.3 Å². The third-order valence-electron chi connectivity index (χ3n) is 7.90. The lowest BCUT2D eigenvalue weighted by Gasteiger charge is -2.19. The maximum Gasteiger partial charge on any atom is 0.472 e. The van der Waals surface area contributed by atoms with Crippen molar-refractivity contribution in [2.24, 2.45) is 5.73 Å². The molecule has 10 heteroatoms. The third-order valence-corrected chi connectivity index (χ3v) is 8.89. The van der Waals surface area contributed by atoms with Crippen molar-refractivity contribution in [2.45, 2.75) is 180 Å². The number of phosphoric acid groups is 1. The molecule has 0 bridgehead atoms. The van der Waals surface area contributed by atoms with Crippen LogP contribution in [0.3, 0.4) is 0 Å². The van der Waals surface area contributed by atoms with Crippen LogP contribution in [0.2, 0.25) is 0 Å². The van der Waals surface area contributed by atoms with Gasteiger partial charge >= 0.3 is 19.8 Å². The van der Waals surface area contributed by atoms with E-state index in [2.05, 4.69) is 26.0 Å². The fraction of sp³-hybridized carbons (Fsp3) is 0.889. The summed E-state index contributed by atoms with van der Waals surface area (Å²) in [6, 6.07) is 0. The largest absolute Gasteiger partial charge is 0.472 e. The molecule has 0 aliphatic carbocycles. The molecule has 0 aromatic rings. The Balaban J connectivity index is 4.24. The molecule has 0 fully saturated rings. The van der Waals surface area contributed by atoms with Crippen LogP contribution in [0, 0.1) is 0 Å². The van der Waals surface area contributed by atoms with Gasteiger partial charge < -0.3 is 20.1 Å². The van der Waals surface area contributed by atoms with E-state index >= 15 is 0 Å². The van der Waals surface area contributed by atoms with Crippen molar-refractivity contribution in [1.82, 2.24) is 0 Å². The number of allylic oxidation sites excluding steroid dienone is 2. The van der Waals surface area contributed by atoms with E-state index in [0.29, 0.717) is 6.42 Å². The predicted molar refractivity (Wildman–Crippen MR) is 188 cm³/mol. The van der Waals surface area contributed by atoms with Crippen molar-refractivity contribution in [1.29, 1.82) is 0 Å². The quantitative estimate of drug-likeness (QED) is 0.0291. The van der Waals surface area contributed by atoms with Crippen LogP contribution in [0.25, 0.3) is 0 Å². The second-order valence-corrected chi connectivity index (χ2v) is 13.9. The molecular formula is C36H70NO8P. The highest BCUT2D eigenvalue weighted by molar-refractivity contribution is 7.47. The molecule has 1 unspecified atom stereocenters. The fourth-order valence-electron chi connectivity index (χ4n) is 5.10. The van der Waals surface area contributed by atoms with E-state index in [1.807, 2.05) is 0 Å². The monoisotopic (exact) mass is 675 g/mol. The normalized spacial score (nSPS) is 13.6. The molecule has 0 saturated heterocycles. The van der Waals surface area contributed by atoms with Crippen molar-refractivity contribution in [2.75, 3.05) is 26.4 Å². The van der Waals surface area contributed by atoms with Gasteiger partial charge in [0.25, 0.3) is 0 Å². The van der Waals surface area contributed by atoms with E-state index < -0.39 is 26.5 Å². The average molecular weight is 676 g/mol. The Morgan fingerprint density at radius 2 is 1.07 bits per heavy atom. The van der Waals surface area contributed by atoms with Crippen LogP contribution < -0.4 is 5.73 Å². The Kier molecular flexibility index (Phi) is 32.7. The molecule has 0 radical (unpaired) electrons. The zero-order valence-corrected chi connectivity index (χ0v) is 30.5. The van der Waals surface area contributed by atoms with Gasteiger partial charge in [-0.25, -0.2) is 4.57 Å². The maximum absolute atomic E-state index is 12.5. The molecule has 2 atom stereocenters. The number of phosphoric ester groups is 1. The fourth-order valence-corrected chi connectivity index (χ4v) is 5.86. The zero-order chi connectivity index (χ0) is 34.0. The molecule has 0 aromatic heterocycles. The van der Waals surface area contributed by atoms with Gasteiger partial charge in [-0.3, -0.25) is 18.6 Å². The van der Waals surface area contributed by atoms with Crippen LogP contribution in [0.5, 0.6) is 0 Å². The first-order valence-corrected chi connectivity index (χ1v) is 20.2. The van der Waals surface area contributed by atoms with Gasteiger partial charge in [0.2, 0.25) is 0 Å². The lowest BCUT2D eigenvalue weighted by molar-refractivity contribution is -0.161. The molecule has 0 aliphatic rings. The van der Waals surface area contributed by atoms with Crippen LogP contribution in [0.15, 0.2) is 12.2 Å². The van der Waals surface area contributed by atoms with Crippen LogP contribution in [0.1, 0.15) is 174 Å². The van der Waals surface area contributed by atoms with E-state index in [1.54, 1.807) is 0 Å². The van der Waals surface area contributed by atoms with Crippen LogP contribution in [-0.4, -0.2) is 49.3 Å². The minimum Gasteiger partial charge on any atom is -0.462 e. The van der Waals surface area contributed by atoms with Crippen molar-refractivity contribution < 1.29 is 37.6 Å². The van der Waals surface area contributed by atoms with Crippen LogP contribution in [0.4, 0.5) is 0 Å². The van der Waals surface area contributed by atoms with Crippen molar-refractivity contribution in [3.63, 3.8) is 0 Å². The number of ether oxygens (including phenoxy) is 2. The number of rotatable bonds is 35. The minimum absolute atomic E-state index is 0.0545. The van der Waals surface area contributed by atoms with Crippen LogP contribution >= 0.6 is 7.82 Å². The average Bonchev–Trinajstić information content (AvgIpc) is 3.04. The Hall–Kier alpha value is -1.25. The molecule has 46 heavy (non-hydrogen) atoms. The van der Waals surface area contributed by atoms with Gasteiger partial charge in [0.15, 0.2) is 6.10 Å². The summed E-state index contributed by atoms with van der Waals surface area (Å²) in [6.07, 6.45) is 30.9. The number of esters is 2. The molecule has 0 aliphatic heterocycles. The summed E-state index contributed by atoms with van der Waals surface area (Å²) in [4.78, 5) is 34.6. The molecule has 9 nitrogen and oxygen atoms in total. The van der Waals surface area contributed by atoms with Gasteiger partial charge in [0.05, 0.1) is 13.2 Å². The number of unbranched alkanes of at least 4 members (excludes halogenated alkanes) is 20. The van der Waals surface area contributed by atoms with Gasteiger partial charge in [-0.15, -0.1) is 0 Å². The number of hydrogen-bond acceptors (Lipinski definition) is 8. The topological polar surface area (TPSA) is 134 Å². The van der Waals surface area contributed by atoms with Gasteiger partial charge in [-0.05, 0) is 38.5 Å². The SMILES string of the molecule is CCCCCC/C=C\CCCCCCCC(=O)O[C@@H](COC(=O)CCCCCCCCCCCCCC)COP(=O)(O)OCCN. The highest BCUT2D eigenvalue weighted by atomic mass is 31.2. The number of hydrogen-bond donors (Lipinski definition) is 2. The molecule has 0 spiro atoms. The lowest BCUT2D eigenvalue weighted by Crippen LogP contribution is -2.29. The van der Waals surface area contributed by atoms with Gasteiger partial charge in [0.1, 0.15) is 6.61 Å². The van der Waals surface area contributed by atoms with Gasteiger partial charge in [-0.2, -0.15) is 0 Å². The van der Waals surface area contributed by atoms with Crippen molar-refractivity contribution >= 4 is 19.8 Å². The Morgan fingerprint density at radius 3 is 1.57 bits per heavy atom. The second-order valence-electron chi connectivity index (χ2n) is 12.4. The molecule has 0 rings (SSSR count). The molecule has 0 amide bonds. The van der Waals surface area contributed by atoms with E-state index in [-0.39, 0.29) is 38.6 Å². The van der Waals surface area contributed by atoms with E-state index in [0.717, 1.165) is 51.4 Å². The summed E-state index contributed by atoms with van der Waals surface area (Å²) in [5.41, 5.74) is 5.32. The van der Waals surface area contributed by atoms with E-state index in [9.17, 15) is 19.0 Å². The Labute approximate surface area is 281 Å². The minimum atomic E-state index is -4.36. The highest BCUT2D eigenvalue weighted by Gasteiger charge is 2.25. The van der Waals surface area contributed by atoms with Crippen molar-refractivity contribution in [3.8, 4) is 0 Å². The molecule has 272 valence electrons. The van der Waals surface area contributed by atoms with Crippen LogP contribution in [-0.2, 0) is 32.7 Å². The Bertz CT molecular complexity index is 779. The lowest BCUT2D eigenvalue weighted by atomic mass is 10.0. The molecular weight excluding hydrogens is 605 g/mol. The standard InChI is InChI=1S/C36H70NO8P/c1-3-5-7-9-11-13-15-17-19-21-23-25-27-29-36(39)45-34(33-44-46(40,41)43-31-30-37)32-42-35(38)28-26-24-22-20-18-16-14-12-10-8-6-4-2/h13,15,34H,3-12,14,16-33,37H2,1-2H3,(H,40,41)/b15-13-/t34-/m0/s1. The highest BCUT2D eigenvalue weighted by Crippen LogP contribution is 2.43. The van der Waals surface area contributed by atoms with E-state index in [1.165, 1.54) is 89.9 Å². The summed E-state index contributed by atoms with van der Waals surface area (Å²) in [6.45, 7) is 3.70. The molecule has 0 saturated carbocycles. The number of carbonyl (C=O) groups excluding carboxylic acids is 2. The summed E-state index contributed by atoms with van der Waals surface area (Å²) in [5, 5.41) is 0. The Morgan fingerprint density at radius 1 is 0.630 bits per heavy atom. The molecule has 3 N–H and O–H groups in total. The van der Waals surface area contributed by atoms with Gasteiger partial charge in [-0.1, -0.05) is 135 Å². The summed E-state index contributed by atoms with van der Waals surface area (Å²) >= 11 is 0. The number of nitrogens with two attached hydrogens (primary N) is 1. The molecule has 0 heterocycles. The molecule has 0 aromatic carbocycles. The van der Waals surface area contributed by atoms with Gasteiger partial charge in [0, 0.05) is 19.4 Å². The number of carbonyl (C=O) groups is 2. The van der Waals surface area contributed by atoms with Crippen molar-refractivity contribution in [3.05, 3.63) is 12.2 Å². The summed E-state index contributed by atoms with van der Waals surface area (Å²) in [7, 11) is -4.36. The first kappa shape index (κ1) is 44.8. The first-order chi connectivity index (χ1) is 22.3. The first-order valence-electron chi connectivity index (χ1n) is 18.7. The summed E-state index contributed by atoms with van der Waals surface area (Å²) in [5.74, 6) is -0.835. The smallest absolute Gasteiger partial charge is 0.462 e. The zero-order valence-electron chi connectivity index (χ0n) is 29.6. The third kappa shape index (κ3) is 32.7. The maximum atomic E-state index is 12.5. The summed E-state index contributed by atoms with van der Waals surface area (Å²) < 4.78 is 32.6. The predicted octanol–water partition coefficient (Wildman–Crippen LogP) is 9.88. The second kappa shape index (κ2) is 33.6.